The number of hydrogen-bond acceptors (Lipinski definition) is 5. The second-order valence-electron chi connectivity index (χ2n) is 20.6. The molecule has 416 valence electrons. The summed E-state index contributed by atoms with van der Waals surface area (Å²) in [6.45, 7) is 7.68. The van der Waals surface area contributed by atoms with Gasteiger partial charge in [0.15, 0.2) is 6.10 Å². The first kappa shape index (κ1) is 69.1. The molecule has 0 unspecified atom stereocenters. The Morgan fingerprint density at radius 1 is 0.319 bits per heavy atom. The lowest BCUT2D eigenvalue weighted by atomic mass is 10.0. The monoisotopic (exact) mass is 1000 g/mol. The molecule has 0 spiro atoms. The number of allylic oxidation sites excluding steroid dienone is 14. The molecule has 0 aliphatic carbocycles. The minimum Gasteiger partial charge on any atom is -0.462 e. The first-order valence-electron chi connectivity index (χ1n) is 31.1. The third kappa shape index (κ3) is 59.6. The van der Waals surface area contributed by atoms with Gasteiger partial charge in [-0.25, -0.2) is 0 Å². The third-order valence-corrected chi connectivity index (χ3v) is 13.4. The fourth-order valence-electron chi connectivity index (χ4n) is 8.83. The molecule has 0 aliphatic rings. The number of esters is 2. The lowest BCUT2D eigenvalue weighted by Crippen LogP contribution is -2.30. The molecule has 0 bridgehead atoms. The topological polar surface area (TPSA) is 61.8 Å². The summed E-state index contributed by atoms with van der Waals surface area (Å²) in [6, 6.07) is 0. The van der Waals surface area contributed by atoms with Gasteiger partial charge in [-0.1, -0.05) is 292 Å². The van der Waals surface area contributed by atoms with E-state index in [1.54, 1.807) is 0 Å². The normalized spacial score (nSPS) is 12.8. The smallest absolute Gasteiger partial charge is 0.306 e. The highest BCUT2D eigenvalue weighted by Gasteiger charge is 2.17. The van der Waals surface area contributed by atoms with Crippen LogP contribution in [0.5, 0.6) is 0 Å². The molecule has 0 saturated carbocycles. The van der Waals surface area contributed by atoms with E-state index in [0.29, 0.717) is 25.9 Å². The van der Waals surface area contributed by atoms with Gasteiger partial charge in [0, 0.05) is 19.4 Å². The summed E-state index contributed by atoms with van der Waals surface area (Å²) < 4.78 is 17.5. The maximum atomic E-state index is 12.9. The van der Waals surface area contributed by atoms with Crippen LogP contribution in [0.15, 0.2) is 85.1 Å². The molecule has 0 rings (SSSR count). The second-order valence-corrected chi connectivity index (χ2v) is 20.6. The van der Waals surface area contributed by atoms with Crippen molar-refractivity contribution in [2.24, 2.45) is 0 Å². The summed E-state index contributed by atoms with van der Waals surface area (Å²) in [5.74, 6) is -0.483. The zero-order chi connectivity index (χ0) is 52.0. The number of rotatable bonds is 57. The van der Waals surface area contributed by atoms with Crippen molar-refractivity contribution < 1.29 is 23.8 Å². The SMILES string of the molecule is CC/C=C\C/C=C\C/C=C\C/C=C\C/C=C\C/C=C\CCC(=O)O[C@H](COCCCCCCCCCCCCCCCCCC)COC(=O)CCCCCCCCCCCCC/C=C\CCCCCCCC. The molecular weight excluding hydrogens is 885 g/mol. The summed E-state index contributed by atoms with van der Waals surface area (Å²) in [5.41, 5.74) is 0. The Bertz CT molecular complexity index is 1320. The highest BCUT2D eigenvalue weighted by molar-refractivity contribution is 5.70. The molecule has 0 aromatic heterocycles. The van der Waals surface area contributed by atoms with Crippen LogP contribution < -0.4 is 0 Å². The number of carbonyl (C=O) groups is 2. The van der Waals surface area contributed by atoms with Gasteiger partial charge in [-0.3, -0.25) is 9.59 Å². The Labute approximate surface area is 448 Å². The highest BCUT2D eigenvalue weighted by Crippen LogP contribution is 2.16. The van der Waals surface area contributed by atoms with E-state index in [-0.39, 0.29) is 25.2 Å². The Kier molecular flexibility index (Phi) is 59.8. The van der Waals surface area contributed by atoms with Gasteiger partial charge in [-0.15, -0.1) is 0 Å². The average Bonchev–Trinajstić information content (AvgIpc) is 3.38. The second kappa shape index (κ2) is 62.4. The van der Waals surface area contributed by atoms with Crippen molar-refractivity contribution in [2.45, 2.75) is 309 Å². The molecular formula is C67H118O5. The lowest BCUT2D eigenvalue weighted by Gasteiger charge is -2.18. The molecule has 72 heavy (non-hydrogen) atoms. The molecule has 0 amide bonds. The number of hydrogen-bond donors (Lipinski definition) is 0. The van der Waals surface area contributed by atoms with Crippen LogP contribution in [-0.4, -0.2) is 37.9 Å². The zero-order valence-corrected chi connectivity index (χ0v) is 47.9. The van der Waals surface area contributed by atoms with E-state index in [1.165, 1.54) is 199 Å². The van der Waals surface area contributed by atoms with Gasteiger partial charge in [0.25, 0.3) is 0 Å². The summed E-state index contributed by atoms with van der Waals surface area (Å²) in [6.07, 6.45) is 83.5. The van der Waals surface area contributed by atoms with Crippen LogP contribution in [0.2, 0.25) is 0 Å². The zero-order valence-electron chi connectivity index (χ0n) is 47.9. The van der Waals surface area contributed by atoms with Crippen LogP contribution >= 0.6 is 0 Å². The molecule has 5 heteroatoms. The van der Waals surface area contributed by atoms with Crippen molar-refractivity contribution >= 4 is 11.9 Å². The van der Waals surface area contributed by atoms with Gasteiger partial charge in [0.05, 0.1) is 6.61 Å². The fraction of sp³-hybridized carbons (Fsp3) is 0.761. The Hall–Kier alpha value is -2.92. The largest absolute Gasteiger partial charge is 0.462 e. The number of carbonyl (C=O) groups excluding carboxylic acids is 2. The minimum atomic E-state index is -0.579. The molecule has 0 aromatic rings. The van der Waals surface area contributed by atoms with E-state index in [9.17, 15) is 9.59 Å². The van der Waals surface area contributed by atoms with Crippen LogP contribution in [-0.2, 0) is 23.8 Å². The molecule has 0 aromatic carbocycles. The lowest BCUT2D eigenvalue weighted by molar-refractivity contribution is -0.162. The van der Waals surface area contributed by atoms with Gasteiger partial charge in [-0.05, 0) is 83.5 Å². The first-order valence-corrected chi connectivity index (χ1v) is 31.1. The summed E-state index contributed by atoms with van der Waals surface area (Å²) in [7, 11) is 0. The van der Waals surface area contributed by atoms with Crippen LogP contribution in [0, 0.1) is 0 Å². The predicted molar refractivity (Wildman–Crippen MR) is 316 cm³/mol. The van der Waals surface area contributed by atoms with E-state index < -0.39 is 6.10 Å². The van der Waals surface area contributed by atoms with Crippen LogP contribution in [0.25, 0.3) is 0 Å². The predicted octanol–water partition coefficient (Wildman–Crippen LogP) is 21.6. The van der Waals surface area contributed by atoms with E-state index in [4.69, 9.17) is 14.2 Å². The van der Waals surface area contributed by atoms with Gasteiger partial charge in [0.1, 0.15) is 6.61 Å². The van der Waals surface area contributed by atoms with Crippen molar-refractivity contribution in [3.05, 3.63) is 85.1 Å². The van der Waals surface area contributed by atoms with Crippen LogP contribution in [0.4, 0.5) is 0 Å². The summed E-state index contributed by atoms with van der Waals surface area (Å²) >= 11 is 0. The minimum absolute atomic E-state index is 0.0550. The Morgan fingerprint density at radius 2 is 0.653 bits per heavy atom. The van der Waals surface area contributed by atoms with Crippen molar-refractivity contribution in [3.8, 4) is 0 Å². The number of unbranched alkanes of at least 4 members (excludes halogenated alkanes) is 32. The molecule has 0 saturated heterocycles. The van der Waals surface area contributed by atoms with E-state index in [2.05, 4.69) is 99.8 Å². The molecule has 0 radical (unpaired) electrons. The van der Waals surface area contributed by atoms with Gasteiger partial charge in [-0.2, -0.15) is 0 Å². The highest BCUT2D eigenvalue weighted by atomic mass is 16.6. The van der Waals surface area contributed by atoms with Crippen molar-refractivity contribution in [1.82, 2.24) is 0 Å². The van der Waals surface area contributed by atoms with Crippen LogP contribution in [0.1, 0.15) is 303 Å². The van der Waals surface area contributed by atoms with E-state index in [0.717, 1.165) is 64.2 Å². The molecule has 0 N–H and O–H groups in total. The Morgan fingerprint density at radius 3 is 1.06 bits per heavy atom. The molecule has 0 fully saturated rings. The van der Waals surface area contributed by atoms with Gasteiger partial charge in [0.2, 0.25) is 0 Å². The quantitative estimate of drug-likeness (QED) is 0.0345. The number of ether oxygens (including phenoxy) is 3. The molecule has 0 heterocycles. The van der Waals surface area contributed by atoms with Gasteiger partial charge < -0.3 is 14.2 Å². The first-order chi connectivity index (χ1) is 35.6. The van der Waals surface area contributed by atoms with Crippen molar-refractivity contribution in [1.29, 1.82) is 0 Å². The Balaban J connectivity index is 4.35. The molecule has 5 nitrogen and oxygen atoms in total. The fourth-order valence-corrected chi connectivity index (χ4v) is 8.83. The molecule has 1 atom stereocenters. The summed E-state index contributed by atoms with van der Waals surface area (Å²) in [5, 5.41) is 0. The van der Waals surface area contributed by atoms with E-state index in [1.807, 2.05) is 6.08 Å². The maximum Gasteiger partial charge on any atom is 0.306 e. The average molecular weight is 1000 g/mol. The summed E-state index contributed by atoms with van der Waals surface area (Å²) in [4.78, 5) is 25.6. The standard InChI is InChI=1S/C67H118O5/c1-4-7-10-13-16-19-22-25-28-31-33-34-36-37-39-42-45-48-51-54-57-60-66(68)71-64-65(63-70-62-59-56-53-50-47-44-41-30-27-24-21-18-15-12-9-6-3)72-67(69)61-58-55-52-49-46-43-40-38-35-32-29-26-23-20-17-14-11-8-5-2/h8,11,17,20,25-26,28-29,35,38,43,46,52,55,65H,4-7,9-10,12-16,18-19,21-24,27,30-34,36-37,39-42,44-45,47-51,53-54,56-64H2,1-3H3/b11-8-,20-17-,28-25-,29-26-,38-35-,46-43-,55-52-/t65-/m1/s1. The third-order valence-electron chi connectivity index (χ3n) is 13.4. The van der Waals surface area contributed by atoms with Gasteiger partial charge >= 0.3 is 11.9 Å². The molecule has 0 aliphatic heterocycles. The van der Waals surface area contributed by atoms with Crippen LogP contribution in [0.3, 0.4) is 0 Å². The maximum absolute atomic E-state index is 12.9. The van der Waals surface area contributed by atoms with E-state index >= 15 is 0 Å². The van der Waals surface area contributed by atoms with Crippen molar-refractivity contribution in [3.63, 3.8) is 0 Å². The van der Waals surface area contributed by atoms with Crippen molar-refractivity contribution in [2.75, 3.05) is 19.8 Å².